The van der Waals surface area contributed by atoms with E-state index in [9.17, 15) is 4.39 Å². The predicted octanol–water partition coefficient (Wildman–Crippen LogP) is 4.02. The average Bonchev–Trinajstić information content (AvgIpc) is 2.81. The van der Waals surface area contributed by atoms with Gasteiger partial charge in [-0.3, -0.25) is 0 Å². The third-order valence-corrected chi connectivity index (χ3v) is 3.43. The zero-order chi connectivity index (χ0) is 14.1. The molecule has 0 saturated carbocycles. The lowest BCUT2D eigenvalue weighted by Gasteiger charge is -2.04. The number of hydrogen-bond acceptors (Lipinski definition) is 2. The summed E-state index contributed by atoms with van der Waals surface area (Å²) in [4.78, 5) is 0. The maximum absolute atomic E-state index is 13.8. The molecule has 0 radical (unpaired) electrons. The highest BCUT2D eigenvalue weighted by atomic mass is 79.9. The van der Waals surface area contributed by atoms with Crippen molar-refractivity contribution in [1.82, 2.24) is 9.78 Å². The minimum absolute atomic E-state index is 0.339. The van der Waals surface area contributed by atoms with Gasteiger partial charge in [0.1, 0.15) is 17.3 Å². The number of nitrogen functional groups attached to an aromatic ring is 1. The van der Waals surface area contributed by atoms with Gasteiger partial charge < -0.3 is 5.73 Å². The van der Waals surface area contributed by atoms with Gasteiger partial charge in [-0.1, -0.05) is 40.2 Å². The zero-order valence-corrected chi connectivity index (χ0v) is 12.0. The lowest BCUT2D eigenvalue weighted by Crippen LogP contribution is -2.03. The summed E-state index contributed by atoms with van der Waals surface area (Å²) < 4.78 is 16.2. The Kier molecular flexibility index (Phi) is 3.28. The van der Waals surface area contributed by atoms with Crippen molar-refractivity contribution in [3.05, 3.63) is 64.9 Å². The molecule has 3 rings (SSSR count). The number of nitrogens with zero attached hydrogens (tertiary/aromatic N) is 2. The highest BCUT2D eigenvalue weighted by molar-refractivity contribution is 9.10. The maximum Gasteiger partial charge on any atom is 0.148 e. The summed E-state index contributed by atoms with van der Waals surface area (Å²) >= 11 is 3.42. The van der Waals surface area contributed by atoms with Crippen LogP contribution in [-0.4, -0.2) is 9.78 Å². The van der Waals surface area contributed by atoms with Crippen LogP contribution in [0.15, 0.2) is 59.1 Å². The van der Waals surface area contributed by atoms with Crippen molar-refractivity contribution in [1.29, 1.82) is 0 Å². The normalized spacial score (nSPS) is 10.7. The first-order valence-corrected chi connectivity index (χ1v) is 6.81. The number of benzene rings is 2. The molecule has 0 aliphatic carbocycles. The molecule has 0 bridgehead atoms. The van der Waals surface area contributed by atoms with E-state index in [0.29, 0.717) is 17.2 Å². The van der Waals surface area contributed by atoms with Gasteiger partial charge in [-0.15, -0.1) is 0 Å². The van der Waals surface area contributed by atoms with E-state index < -0.39 is 0 Å². The number of rotatable bonds is 2. The van der Waals surface area contributed by atoms with Crippen molar-refractivity contribution in [2.75, 3.05) is 5.73 Å². The molecular formula is C15H11BrFN3. The van der Waals surface area contributed by atoms with Gasteiger partial charge in [0, 0.05) is 16.1 Å². The highest BCUT2D eigenvalue weighted by Gasteiger charge is 2.11. The molecule has 100 valence electrons. The average molecular weight is 332 g/mol. The van der Waals surface area contributed by atoms with E-state index in [-0.39, 0.29) is 5.82 Å². The smallest absolute Gasteiger partial charge is 0.148 e. The third-order valence-electron chi connectivity index (χ3n) is 2.94. The van der Waals surface area contributed by atoms with E-state index in [1.807, 2.05) is 24.3 Å². The standard InChI is InChI=1S/C15H11BrFN3/c16-11-5-3-4-10(8-11)13-9-15(18)20(19-13)14-7-2-1-6-12(14)17/h1-9H,18H2. The van der Waals surface area contributed by atoms with Crippen LogP contribution < -0.4 is 5.73 Å². The molecule has 20 heavy (non-hydrogen) atoms. The molecule has 3 aromatic rings. The molecule has 5 heteroatoms. The number of para-hydroxylation sites is 1. The second-order valence-electron chi connectivity index (χ2n) is 4.33. The van der Waals surface area contributed by atoms with Gasteiger partial charge in [0.25, 0.3) is 0 Å². The highest BCUT2D eigenvalue weighted by Crippen LogP contribution is 2.26. The molecule has 0 spiro atoms. The van der Waals surface area contributed by atoms with Crippen LogP contribution in [0.5, 0.6) is 0 Å². The Morgan fingerprint density at radius 2 is 1.85 bits per heavy atom. The second-order valence-corrected chi connectivity index (χ2v) is 5.24. The molecule has 0 atom stereocenters. The molecule has 1 heterocycles. The Hall–Kier alpha value is -2.14. The molecule has 3 nitrogen and oxygen atoms in total. The Bertz CT molecular complexity index is 767. The van der Waals surface area contributed by atoms with E-state index in [1.54, 1.807) is 24.3 Å². The number of aromatic nitrogens is 2. The largest absolute Gasteiger partial charge is 0.384 e. The summed E-state index contributed by atoms with van der Waals surface area (Å²) in [6.45, 7) is 0. The monoisotopic (exact) mass is 331 g/mol. The van der Waals surface area contributed by atoms with Crippen LogP contribution in [0.1, 0.15) is 0 Å². The summed E-state index contributed by atoms with van der Waals surface area (Å²) in [6, 6.07) is 15.9. The number of hydrogen-bond donors (Lipinski definition) is 1. The second kappa shape index (κ2) is 5.09. The summed E-state index contributed by atoms with van der Waals surface area (Å²) in [7, 11) is 0. The van der Waals surface area contributed by atoms with Crippen LogP contribution in [0.4, 0.5) is 10.2 Å². The number of nitrogens with two attached hydrogens (primary N) is 1. The molecule has 0 fully saturated rings. The minimum atomic E-state index is -0.358. The number of halogens is 2. The Balaban J connectivity index is 2.10. The summed E-state index contributed by atoms with van der Waals surface area (Å²) in [5, 5.41) is 4.38. The summed E-state index contributed by atoms with van der Waals surface area (Å²) in [5.74, 6) is 0.0353. The molecule has 2 aromatic carbocycles. The predicted molar refractivity (Wildman–Crippen MR) is 81.1 cm³/mol. The van der Waals surface area contributed by atoms with Gasteiger partial charge in [0.15, 0.2) is 0 Å². The maximum atomic E-state index is 13.8. The van der Waals surface area contributed by atoms with Gasteiger partial charge in [0.2, 0.25) is 0 Å². The Labute approximate surface area is 124 Å². The van der Waals surface area contributed by atoms with E-state index in [2.05, 4.69) is 21.0 Å². The van der Waals surface area contributed by atoms with Crippen molar-refractivity contribution in [2.45, 2.75) is 0 Å². The zero-order valence-electron chi connectivity index (χ0n) is 10.4. The van der Waals surface area contributed by atoms with Gasteiger partial charge in [-0.25, -0.2) is 9.07 Å². The lowest BCUT2D eigenvalue weighted by atomic mass is 10.2. The molecule has 0 aliphatic rings. The van der Waals surface area contributed by atoms with Crippen LogP contribution in [-0.2, 0) is 0 Å². The quantitative estimate of drug-likeness (QED) is 0.770. The van der Waals surface area contributed by atoms with E-state index >= 15 is 0 Å². The fraction of sp³-hybridized carbons (Fsp3) is 0. The first-order chi connectivity index (χ1) is 9.65. The van der Waals surface area contributed by atoms with Crippen molar-refractivity contribution >= 4 is 21.7 Å². The Morgan fingerprint density at radius 3 is 2.60 bits per heavy atom. The van der Waals surface area contributed by atoms with Crippen molar-refractivity contribution in [3.8, 4) is 16.9 Å². The molecule has 0 unspecified atom stereocenters. The van der Waals surface area contributed by atoms with Crippen LogP contribution in [0.25, 0.3) is 16.9 Å². The molecule has 1 aromatic heterocycles. The van der Waals surface area contributed by atoms with E-state index in [1.165, 1.54) is 10.7 Å². The Morgan fingerprint density at radius 1 is 1.05 bits per heavy atom. The van der Waals surface area contributed by atoms with Gasteiger partial charge in [-0.2, -0.15) is 5.10 Å². The molecular weight excluding hydrogens is 321 g/mol. The molecule has 0 aliphatic heterocycles. The fourth-order valence-corrected chi connectivity index (χ4v) is 2.40. The van der Waals surface area contributed by atoms with Gasteiger partial charge in [-0.05, 0) is 24.3 Å². The molecule has 2 N–H and O–H groups in total. The molecule has 0 amide bonds. The van der Waals surface area contributed by atoms with E-state index in [4.69, 9.17) is 5.73 Å². The van der Waals surface area contributed by atoms with Crippen LogP contribution >= 0.6 is 15.9 Å². The van der Waals surface area contributed by atoms with Crippen LogP contribution in [0.2, 0.25) is 0 Å². The number of anilines is 1. The molecule has 0 saturated heterocycles. The van der Waals surface area contributed by atoms with Crippen LogP contribution in [0.3, 0.4) is 0 Å². The summed E-state index contributed by atoms with van der Waals surface area (Å²) in [6.07, 6.45) is 0. The van der Waals surface area contributed by atoms with Crippen molar-refractivity contribution in [3.63, 3.8) is 0 Å². The first kappa shape index (κ1) is 12.9. The third kappa shape index (κ3) is 2.32. The van der Waals surface area contributed by atoms with Crippen molar-refractivity contribution in [2.24, 2.45) is 0 Å². The van der Waals surface area contributed by atoms with Gasteiger partial charge >= 0.3 is 0 Å². The van der Waals surface area contributed by atoms with E-state index in [0.717, 1.165) is 10.0 Å². The van der Waals surface area contributed by atoms with Crippen molar-refractivity contribution < 1.29 is 4.39 Å². The fourth-order valence-electron chi connectivity index (χ4n) is 2.00. The minimum Gasteiger partial charge on any atom is -0.384 e. The SMILES string of the molecule is Nc1cc(-c2cccc(Br)c2)nn1-c1ccccc1F. The first-order valence-electron chi connectivity index (χ1n) is 6.01. The summed E-state index contributed by atoms with van der Waals surface area (Å²) in [5.41, 5.74) is 7.90. The lowest BCUT2D eigenvalue weighted by molar-refractivity contribution is 0.612. The van der Waals surface area contributed by atoms with Crippen LogP contribution in [0, 0.1) is 5.82 Å². The van der Waals surface area contributed by atoms with Gasteiger partial charge in [0.05, 0.1) is 5.69 Å². The topological polar surface area (TPSA) is 43.8 Å².